The van der Waals surface area contributed by atoms with Crippen molar-refractivity contribution in [3.63, 3.8) is 0 Å². The highest BCUT2D eigenvalue weighted by atomic mass is 16.4. The van der Waals surface area contributed by atoms with Crippen LogP contribution in [0.3, 0.4) is 0 Å². The Kier molecular flexibility index (Phi) is 4.86. The van der Waals surface area contributed by atoms with Gasteiger partial charge < -0.3 is 20.4 Å². The minimum atomic E-state index is -0.794. The van der Waals surface area contributed by atoms with Gasteiger partial charge in [-0.2, -0.15) is 0 Å². The summed E-state index contributed by atoms with van der Waals surface area (Å²) < 4.78 is 0. The van der Waals surface area contributed by atoms with Gasteiger partial charge in [0, 0.05) is 19.6 Å². The summed E-state index contributed by atoms with van der Waals surface area (Å²) >= 11 is 0. The van der Waals surface area contributed by atoms with E-state index >= 15 is 0 Å². The van der Waals surface area contributed by atoms with Gasteiger partial charge in [0.25, 0.3) is 0 Å². The second-order valence-corrected chi connectivity index (χ2v) is 6.18. The topological polar surface area (TPSA) is 89.9 Å². The van der Waals surface area contributed by atoms with Crippen LogP contribution >= 0.6 is 0 Å². The quantitative estimate of drug-likeness (QED) is 0.723. The van der Waals surface area contributed by atoms with E-state index in [4.69, 9.17) is 5.11 Å². The number of hydrogen-bond acceptors (Lipinski definition) is 3. The first-order valence-electron chi connectivity index (χ1n) is 7.43. The lowest BCUT2D eigenvalue weighted by Crippen LogP contribution is -2.45. The van der Waals surface area contributed by atoms with E-state index < -0.39 is 12.1 Å². The number of likely N-dealkylation sites (tertiary alicyclic amines) is 1. The summed E-state index contributed by atoms with van der Waals surface area (Å²) in [6, 6.07) is -0.183. The van der Waals surface area contributed by atoms with E-state index in [1.54, 1.807) is 4.90 Å². The average Bonchev–Trinajstić information content (AvgIpc) is 2.83. The Balaban J connectivity index is 1.88. The third kappa shape index (κ3) is 3.85. The van der Waals surface area contributed by atoms with Gasteiger partial charge in [-0.05, 0) is 24.7 Å². The number of nitrogens with zero attached hydrogens (tertiary/aromatic N) is 1. The van der Waals surface area contributed by atoms with Crippen molar-refractivity contribution in [2.24, 2.45) is 5.41 Å². The zero-order chi connectivity index (χ0) is 14.6. The van der Waals surface area contributed by atoms with Crippen molar-refractivity contribution in [1.82, 2.24) is 10.2 Å². The van der Waals surface area contributed by atoms with Crippen LogP contribution in [0.4, 0.5) is 4.79 Å². The maximum atomic E-state index is 12.0. The number of carbonyl (C=O) groups excluding carboxylic acids is 1. The molecule has 1 aliphatic heterocycles. The van der Waals surface area contributed by atoms with Gasteiger partial charge in [-0.15, -0.1) is 0 Å². The molecule has 6 nitrogen and oxygen atoms in total. The molecule has 2 rings (SSSR count). The zero-order valence-corrected chi connectivity index (χ0v) is 11.8. The van der Waals surface area contributed by atoms with E-state index in [1.165, 1.54) is 0 Å². The first kappa shape index (κ1) is 15.1. The third-order valence-corrected chi connectivity index (χ3v) is 4.51. The van der Waals surface area contributed by atoms with Crippen molar-refractivity contribution in [3.05, 3.63) is 0 Å². The predicted octanol–water partition coefficient (Wildman–Crippen LogP) is 1.19. The minimum absolute atomic E-state index is 0.121. The van der Waals surface area contributed by atoms with Crippen LogP contribution in [0, 0.1) is 5.41 Å². The molecule has 0 aromatic carbocycles. The lowest BCUT2D eigenvalue weighted by Gasteiger charge is -2.36. The number of aliphatic hydroxyl groups is 1. The molecule has 3 N–H and O–H groups in total. The molecular weight excluding hydrogens is 260 g/mol. The molecule has 1 aliphatic carbocycles. The fourth-order valence-electron chi connectivity index (χ4n) is 3.34. The first-order chi connectivity index (χ1) is 9.51. The zero-order valence-electron chi connectivity index (χ0n) is 11.8. The number of hydrogen-bond donors (Lipinski definition) is 3. The van der Waals surface area contributed by atoms with Gasteiger partial charge in [-0.3, -0.25) is 4.79 Å². The number of amides is 2. The Morgan fingerprint density at radius 2 is 1.95 bits per heavy atom. The Bertz CT molecular complexity index is 366. The van der Waals surface area contributed by atoms with E-state index in [0.29, 0.717) is 26.1 Å². The van der Waals surface area contributed by atoms with Gasteiger partial charge in [0.2, 0.25) is 0 Å². The predicted molar refractivity (Wildman–Crippen MR) is 73.4 cm³/mol. The molecular formula is C14H24N2O4. The number of carbonyl (C=O) groups is 2. The summed E-state index contributed by atoms with van der Waals surface area (Å²) in [6.45, 7) is 1.36. The number of carboxylic acids is 1. The third-order valence-electron chi connectivity index (χ3n) is 4.51. The van der Waals surface area contributed by atoms with E-state index in [2.05, 4.69) is 5.32 Å². The fourth-order valence-corrected chi connectivity index (χ4v) is 3.34. The Labute approximate surface area is 119 Å². The van der Waals surface area contributed by atoms with E-state index in [-0.39, 0.29) is 17.9 Å². The number of nitrogens with one attached hydrogen (secondary N) is 1. The Morgan fingerprint density at radius 1 is 1.25 bits per heavy atom. The maximum Gasteiger partial charge on any atom is 0.317 e. The standard InChI is InChI=1S/C14H24N2O4/c17-11-4-7-16(9-11)13(20)15-10-14(8-12(18)19)5-2-1-3-6-14/h11,17H,1-10H2,(H,15,20)(H,18,19). The van der Waals surface area contributed by atoms with E-state index in [0.717, 1.165) is 32.1 Å². The molecule has 1 saturated carbocycles. The molecule has 1 saturated heterocycles. The number of carboxylic acid groups (broad SMARTS) is 1. The minimum Gasteiger partial charge on any atom is -0.481 e. The molecule has 2 fully saturated rings. The molecule has 0 radical (unpaired) electrons. The van der Waals surface area contributed by atoms with Crippen molar-refractivity contribution < 1.29 is 19.8 Å². The smallest absolute Gasteiger partial charge is 0.317 e. The van der Waals surface area contributed by atoms with Crippen LogP contribution in [0.25, 0.3) is 0 Å². The molecule has 2 amide bonds. The molecule has 114 valence electrons. The highest BCUT2D eigenvalue weighted by Gasteiger charge is 2.35. The number of β-amino-alcohol motifs (C(OH)–C–C–N with tert-alkyl or cyclic N) is 1. The van der Waals surface area contributed by atoms with E-state index in [9.17, 15) is 14.7 Å². The molecule has 1 unspecified atom stereocenters. The van der Waals surface area contributed by atoms with Gasteiger partial charge in [0.15, 0.2) is 0 Å². The second-order valence-electron chi connectivity index (χ2n) is 6.18. The fraction of sp³-hybridized carbons (Fsp3) is 0.857. The van der Waals surface area contributed by atoms with Gasteiger partial charge in [0.1, 0.15) is 0 Å². The van der Waals surface area contributed by atoms with Crippen molar-refractivity contribution in [2.75, 3.05) is 19.6 Å². The van der Waals surface area contributed by atoms with Crippen molar-refractivity contribution >= 4 is 12.0 Å². The molecule has 1 atom stereocenters. The van der Waals surface area contributed by atoms with Gasteiger partial charge in [-0.1, -0.05) is 19.3 Å². The van der Waals surface area contributed by atoms with Crippen LogP contribution in [-0.4, -0.2) is 52.9 Å². The number of aliphatic carboxylic acids is 1. The van der Waals surface area contributed by atoms with Crippen LogP contribution in [0.15, 0.2) is 0 Å². The summed E-state index contributed by atoms with van der Waals surface area (Å²) in [5.74, 6) is -0.794. The Morgan fingerprint density at radius 3 is 2.50 bits per heavy atom. The summed E-state index contributed by atoms with van der Waals surface area (Å²) in [5.41, 5.74) is -0.294. The number of rotatable bonds is 4. The van der Waals surface area contributed by atoms with Crippen LogP contribution in [-0.2, 0) is 4.79 Å². The van der Waals surface area contributed by atoms with Crippen LogP contribution in [0.1, 0.15) is 44.9 Å². The summed E-state index contributed by atoms with van der Waals surface area (Å²) in [7, 11) is 0. The number of aliphatic hydroxyl groups excluding tert-OH is 1. The number of urea groups is 1. The highest BCUT2D eigenvalue weighted by Crippen LogP contribution is 2.38. The SMILES string of the molecule is O=C(O)CC1(CNC(=O)N2CCC(O)C2)CCCCC1. The second kappa shape index (κ2) is 6.43. The highest BCUT2D eigenvalue weighted by molar-refractivity contribution is 5.74. The van der Waals surface area contributed by atoms with E-state index in [1.807, 2.05) is 0 Å². The van der Waals surface area contributed by atoms with Crippen LogP contribution < -0.4 is 5.32 Å². The molecule has 0 aromatic rings. The summed E-state index contributed by atoms with van der Waals surface area (Å²) in [6.07, 6.45) is 5.25. The normalized spacial score (nSPS) is 25.4. The van der Waals surface area contributed by atoms with Crippen molar-refractivity contribution in [2.45, 2.75) is 51.0 Å². The molecule has 2 aliphatic rings. The van der Waals surface area contributed by atoms with Crippen LogP contribution in [0.5, 0.6) is 0 Å². The Hall–Kier alpha value is -1.30. The molecule has 0 spiro atoms. The average molecular weight is 284 g/mol. The van der Waals surface area contributed by atoms with Crippen molar-refractivity contribution in [3.8, 4) is 0 Å². The molecule has 0 bridgehead atoms. The summed E-state index contributed by atoms with van der Waals surface area (Å²) in [4.78, 5) is 24.7. The molecule has 6 heteroatoms. The lowest BCUT2D eigenvalue weighted by atomic mass is 9.72. The largest absolute Gasteiger partial charge is 0.481 e. The van der Waals surface area contributed by atoms with Crippen molar-refractivity contribution in [1.29, 1.82) is 0 Å². The molecule has 1 heterocycles. The first-order valence-corrected chi connectivity index (χ1v) is 7.43. The lowest BCUT2D eigenvalue weighted by molar-refractivity contribution is -0.140. The molecule has 0 aromatic heterocycles. The summed E-state index contributed by atoms with van der Waals surface area (Å²) in [5, 5.41) is 21.4. The van der Waals surface area contributed by atoms with Gasteiger partial charge in [-0.25, -0.2) is 4.79 Å². The van der Waals surface area contributed by atoms with Gasteiger partial charge >= 0.3 is 12.0 Å². The van der Waals surface area contributed by atoms with Crippen LogP contribution in [0.2, 0.25) is 0 Å². The van der Waals surface area contributed by atoms with Gasteiger partial charge in [0.05, 0.1) is 12.5 Å². The monoisotopic (exact) mass is 284 g/mol. The molecule has 20 heavy (non-hydrogen) atoms. The maximum absolute atomic E-state index is 12.0.